The Morgan fingerprint density at radius 1 is 1.29 bits per heavy atom. The number of hydrogen-bond donors (Lipinski definition) is 1. The molecule has 0 fully saturated rings. The molecule has 0 aliphatic heterocycles. The van der Waals surface area contributed by atoms with Crippen LogP contribution in [-0.4, -0.2) is 10.1 Å². The van der Waals surface area contributed by atoms with E-state index in [1.165, 1.54) is 0 Å². The van der Waals surface area contributed by atoms with E-state index in [9.17, 15) is 5.11 Å². The number of aromatic nitrogens is 1. The lowest BCUT2D eigenvalue weighted by Crippen LogP contribution is -2.11. The van der Waals surface area contributed by atoms with Crippen LogP contribution in [0.2, 0.25) is 0 Å². The molecule has 0 spiro atoms. The van der Waals surface area contributed by atoms with Crippen molar-refractivity contribution in [2.75, 3.05) is 0 Å². The molecule has 1 rings (SSSR count). The fourth-order valence-electron chi connectivity index (χ4n) is 1.75. The number of pyridine rings is 1. The second-order valence-electron chi connectivity index (χ2n) is 3.82. The normalized spacial score (nSPS) is 13.2. The number of aliphatic hydroxyl groups excluding tert-OH is 1. The summed E-state index contributed by atoms with van der Waals surface area (Å²) in [5.74, 6) is 0.346. The first-order chi connectivity index (χ1) is 6.69. The summed E-state index contributed by atoms with van der Waals surface area (Å²) in [7, 11) is 0. The number of hydrogen-bond acceptors (Lipinski definition) is 2. The van der Waals surface area contributed by atoms with Gasteiger partial charge in [0.05, 0.1) is 6.10 Å². The van der Waals surface area contributed by atoms with Crippen molar-refractivity contribution in [3.05, 3.63) is 29.6 Å². The molecule has 1 N–H and O–H groups in total. The molecule has 78 valence electrons. The SMILES string of the molecule is CCC(CC)C(O)c1cncc(C)c1. The van der Waals surface area contributed by atoms with Gasteiger partial charge < -0.3 is 5.11 Å². The highest BCUT2D eigenvalue weighted by atomic mass is 16.3. The third-order valence-corrected chi connectivity index (χ3v) is 2.73. The fourth-order valence-corrected chi connectivity index (χ4v) is 1.75. The summed E-state index contributed by atoms with van der Waals surface area (Å²) in [5.41, 5.74) is 2.05. The highest BCUT2D eigenvalue weighted by Crippen LogP contribution is 2.26. The Morgan fingerprint density at radius 2 is 1.93 bits per heavy atom. The molecule has 0 aliphatic rings. The van der Waals surface area contributed by atoms with Gasteiger partial charge in [-0.05, 0) is 24.0 Å². The Balaban J connectivity index is 2.82. The highest BCUT2D eigenvalue weighted by molar-refractivity contribution is 5.19. The van der Waals surface area contributed by atoms with Crippen LogP contribution in [-0.2, 0) is 0 Å². The van der Waals surface area contributed by atoms with E-state index in [1.807, 2.05) is 19.2 Å². The van der Waals surface area contributed by atoms with Gasteiger partial charge in [-0.15, -0.1) is 0 Å². The van der Waals surface area contributed by atoms with Crippen molar-refractivity contribution in [2.45, 2.75) is 39.7 Å². The van der Waals surface area contributed by atoms with Gasteiger partial charge in [0.2, 0.25) is 0 Å². The molecule has 0 saturated carbocycles. The second-order valence-corrected chi connectivity index (χ2v) is 3.82. The summed E-state index contributed by atoms with van der Waals surface area (Å²) in [6.07, 6.45) is 5.22. The van der Waals surface area contributed by atoms with E-state index in [1.54, 1.807) is 6.20 Å². The number of rotatable bonds is 4. The maximum absolute atomic E-state index is 10.1. The molecular weight excluding hydrogens is 174 g/mol. The van der Waals surface area contributed by atoms with E-state index >= 15 is 0 Å². The third-order valence-electron chi connectivity index (χ3n) is 2.73. The standard InChI is InChI=1S/C12H19NO/c1-4-10(5-2)12(14)11-6-9(3)7-13-8-11/h6-8,10,12,14H,4-5H2,1-3H3. The lowest BCUT2D eigenvalue weighted by atomic mass is 9.92. The van der Waals surface area contributed by atoms with Crippen molar-refractivity contribution >= 4 is 0 Å². The second kappa shape index (κ2) is 5.11. The van der Waals surface area contributed by atoms with Crippen molar-refractivity contribution in [2.24, 2.45) is 5.92 Å². The molecule has 0 bridgehead atoms. The maximum Gasteiger partial charge on any atom is 0.0832 e. The number of aliphatic hydroxyl groups is 1. The van der Waals surface area contributed by atoms with Crippen molar-refractivity contribution in [3.63, 3.8) is 0 Å². The van der Waals surface area contributed by atoms with Crippen LogP contribution in [0.1, 0.15) is 43.9 Å². The van der Waals surface area contributed by atoms with E-state index in [2.05, 4.69) is 18.8 Å². The van der Waals surface area contributed by atoms with E-state index in [-0.39, 0.29) is 6.10 Å². The van der Waals surface area contributed by atoms with Gasteiger partial charge in [0.1, 0.15) is 0 Å². The van der Waals surface area contributed by atoms with E-state index in [0.717, 1.165) is 24.0 Å². The molecule has 0 amide bonds. The fraction of sp³-hybridized carbons (Fsp3) is 0.583. The largest absolute Gasteiger partial charge is 0.388 e. The predicted molar refractivity (Wildman–Crippen MR) is 58.0 cm³/mol. The highest BCUT2D eigenvalue weighted by Gasteiger charge is 2.17. The topological polar surface area (TPSA) is 33.1 Å². The summed E-state index contributed by atoms with van der Waals surface area (Å²) < 4.78 is 0. The Bertz CT molecular complexity index is 281. The van der Waals surface area contributed by atoms with Gasteiger partial charge >= 0.3 is 0 Å². The Hall–Kier alpha value is -0.890. The van der Waals surface area contributed by atoms with Crippen LogP contribution < -0.4 is 0 Å². The van der Waals surface area contributed by atoms with Crippen LogP contribution in [0.25, 0.3) is 0 Å². The van der Waals surface area contributed by atoms with E-state index in [0.29, 0.717) is 5.92 Å². The van der Waals surface area contributed by atoms with Gasteiger partial charge in [-0.25, -0.2) is 0 Å². The molecule has 2 nitrogen and oxygen atoms in total. The zero-order valence-electron chi connectivity index (χ0n) is 9.20. The molecule has 14 heavy (non-hydrogen) atoms. The van der Waals surface area contributed by atoms with Gasteiger partial charge in [-0.2, -0.15) is 0 Å². The summed E-state index contributed by atoms with van der Waals surface area (Å²) in [6, 6.07) is 2.01. The lowest BCUT2D eigenvalue weighted by Gasteiger charge is -2.20. The molecule has 0 saturated heterocycles. The summed E-state index contributed by atoms with van der Waals surface area (Å²) in [4.78, 5) is 4.10. The molecule has 1 unspecified atom stereocenters. The van der Waals surface area contributed by atoms with Gasteiger partial charge in [0, 0.05) is 12.4 Å². The number of aryl methyl sites for hydroxylation is 1. The van der Waals surface area contributed by atoms with Crippen LogP contribution in [0.15, 0.2) is 18.5 Å². The van der Waals surface area contributed by atoms with E-state index < -0.39 is 0 Å². The van der Waals surface area contributed by atoms with Crippen molar-refractivity contribution in [1.82, 2.24) is 4.98 Å². The van der Waals surface area contributed by atoms with Gasteiger partial charge in [-0.1, -0.05) is 32.8 Å². The zero-order chi connectivity index (χ0) is 10.6. The Labute approximate surface area is 86.0 Å². The monoisotopic (exact) mass is 193 g/mol. The van der Waals surface area contributed by atoms with Crippen LogP contribution in [0, 0.1) is 12.8 Å². The average Bonchev–Trinajstić information content (AvgIpc) is 2.19. The third kappa shape index (κ3) is 2.55. The molecule has 1 heterocycles. The molecule has 0 aromatic carbocycles. The van der Waals surface area contributed by atoms with Crippen LogP contribution in [0.5, 0.6) is 0 Å². The van der Waals surface area contributed by atoms with Crippen LogP contribution >= 0.6 is 0 Å². The molecule has 1 aromatic heterocycles. The Morgan fingerprint density at radius 3 is 2.43 bits per heavy atom. The predicted octanol–water partition coefficient (Wildman–Crippen LogP) is 2.86. The quantitative estimate of drug-likeness (QED) is 0.797. The number of nitrogens with zero attached hydrogens (tertiary/aromatic N) is 1. The molecular formula is C12H19NO. The van der Waals surface area contributed by atoms with Gasteiger partial charge in [0.25, 0.3) is 0 Å². The van der Waals surface area contributed by atoms with Crippen LogP contribution in [0.3, 0.4) is 0 Å². The van der Waals surface area contributed by atoms with Crippen molar-refractivity contribution in [3.8, 4) is 0 Å². The van der Waals surface area contributed by atoms with E-state index in [4.69, 9.17) is 0 Å². The minimum Gasteiger partial charge on any atom is -0.388 e. The molecule has 2 heteroatoms. The smallest absolute Gasteiger partial charge is 0.0832 e. The first-order valence-electron chi connectivity index (χ1n) is 5.28. The van der Waals surface area contributed by atoms with Gasteiger partial charge in [-0.3, -0.25) is 4.98 Å². The van der Waals surface area contributed by atoms with Crippen molar-refractivity contribution in [1.29, 1.82) is 0 Å². The summed E-state index contributed by atoms with van der Waals surface area (Å²) >= 11 is 0. The first-order valence-corrected chi connectivity index (χ1v) is 5.28. The molecule has 0 radical (unpaired) electrons. The molecule has 0 aliphatic carbocycles. The summed E-state index contributed by atoms with van der Waals surface area (Å²) in [6.45, 7) is 6.22. The van der Waals surface area contributed by atoms with Crippen LogP contribution in [0.4, 0.5) is 0 Å². The first kappa shape index (κ1) is 11.2. The van der Waals surface area contributed by atoms with Gasteiger partial charge in [0.15, 0.2) is 0 Å². The minimum absolute atomic E-state index is 0.346. The zero-order valence-corrected chi connectivity index (χ0v) is 9.20. The average molecular weight is 193 g/mol. The minimum atomic E-state index is -0.364. The Kier molecular flexibility index (Phi) is 4.08. The maximum atomic E-state index is 10.1. The molecule has 1 atom stereocenters. The molecule has 1 aromatic rings. The summed E-state index contributed by atoms with van der Waals surface area (Å²) in [5, 5.41) is 10.1. The lowest BCUT2D eigenvalue weighted by molar-refractivity contribution is 0.103. The van der Waals surface area contributed by atoms with Crippen molar-refractivity contribution < 1.29 is 5.11 Å².